The van der Waals surface area contributed by atoms with Gasteiger partial charge in [0.25, 0.3) is 0 Å². The Bertz CT molecular complexity index is 606. The van der Waals surface area contributed by atoms with Crippen LogP contribution in [0.1, 0.15) is 29.9 Å². The van der Waals surface area contributed by atoms with Gasteiger partial charge in [0.1, 0.15) is 5.15 Å². The molecule has 0 aliphatic heterocycles. The first kappa shape index (κ1) is 13.9. The molecule has 104 valence electrons. The molecular formula is C16H16BrClN2. The quantitative estimate of drug-likeness (QED) is 0.772. The fourth-order valence-electron chi connectivity index (χ4n) is 2.58. The highest BCUT2D eigenvalue weighted by atomic mass is 79.9. The summed E-state index contributed by atoms with van der Waals surface area (Å²) in [5.74, 6) is 0.678. The summed E-state index contributed by atoms with van der Waals surface area (Å²) in [6, 6.07) is 11.4. The topological polar surface area (TPSA) is 24.9 Å². The molecule has 0 spiro atoms. The molecule has 1 aliphatic carbocycles. The van der Waals surface area contributed by atoms with Gasteiger partial charge in [0, 0.05) is 6.04 Å². The second kappa shape index (κ2) is 5.74. The average Bonchev–Trinajstić information content (AvgIpc) is 2.39. The lowest BCUT2D eigenvalue weighted by molar-refractivity contribution is 0.374. The first-order chi connectivity index (χ1) is 9.61. The number of aryl methyl sites for hydroxylation is 1. The Balaban J connectivity index is 1.58. The van der Waals surface area contributed by atoms with Crippen LogP contribution >= 0.6 is 27.5 Å². The van der Waals surface area contributed by atoms with E-state index in [2.05, 4.69) is 57.4 Å². The van der Waals surface area contributed by atoms with Crippen molar-refractivity contribution in [2.24, 2.45) is 0 Å². The number of pyridine rings is 1. The van der Waals surface area contributed by atoms with Crippen LogP contribution in [0.2, 0.25) is 5.15 Å². The molecule has 0 amide bonds. The van der Waals surface area contributed by atoms with Crippen LogP contribution in [-0.4, -0.2) is 11.0 Å². The first-order valence-corrected chi connectivity index (χ1v) is 7.93. The standard InChI is InChI=1S/C16H16BrClN2/c1-10-2-4-11(5-3-10)12-6-13(7-12)20-14-8-15(17)16(18)19-9-14/h2-5,8-9,12-13,20H,6-7H2,1H3. The van der Waals surface area contributed by atoms with Crippen LogP contribution in [0.25, 0.3) is 0 Å². The molecule has 1 aromatic carbocycles. The van der Waals surface area contributed by atoms with Crippen molar-refractivity contribution in [2.75, 3.05) is 5.32 Å². The van der Waals surface area contributed by atoms with Gasteiger partial charge in [-0.2, -0.15) is 0 Å². The van der Waals surface area contributed by atoms with Crippen molar-refractivity contribution >= 4 is 33.2 Å². The minimum absolute atomic E-state index is 0.502. The van der Waals surface area contributed by atoms with Crippen LogP contribution in [0, 0.1) is 6.92 Å². The molecule has 4 heteroatoms. The number of hydrogen-bond acceptors (Lipinski definition) is 2. The normalized spacial score (nSPS) is 21.4. The molecule has 0 bridgehead atoms. The molecule has 1 N–H and O–H groups in total. The molecule has 2 aromatic rings. The van der Waals surface area contributed by atoms with Crippen LogP contribution in [0.4, 0.5) is 5.69 Å². The zero-order chi connectivity index (χ0) is 14.1. The van der Waals surface area contributed by atoms with Crippen molar-refractivity contribution in [3.05, 3.63) is 57.3 Å². The molecule has 1 aromatic heterocycles. The van der Waals surface area contributed by atoms with Gasteiger partial charge in [-0.25, -0.2) is 4.98 Å². The third-order valence-electron chi connectivity index (χ3n) is 3.85. The van der Waals surface area contributed by atoms with E-state index in [0.29, 0.717) is 17.1 Å². The van der Waals surface area contributed by atoms with E-state index < -0.39 is 0 Å². The van der Waals surface area contributed by atoms with Gasteiger partial charge >= 0.3 is 0 Å². The monoisotopic (exact) mass is 350 g/mol. The number of nitrogens with one attached hydrogen (secondary N) is 1. The predicted molar refractivity (Wildman–Crippen MR) is 87.5 cm³/mol. The summed E-state index contributed by atoms with van der Waals surface area (Å²) in [6.45, 7) is 2.13. The summed E-state index contributed by atoms with van der Waals surface area (Å²) in [6.07, 6.45) is 4.12. The molecule has 0 saturated heterocycles. The number of aromatic nitrogens is 1. The Morgan fingerprint density at radius 1 is 1.25 bits per heavy atom. The van der Waals surface area contributed by atoms with Crippen LogP contribution in [-0.2, 0) is 0 Å². The van der Waals surface area contributed by atoms with E-state index in [-0.39, 0.29) is 0 Å². The lowest BCUT2D eigenvalue weighted by atomic mass is 9.75. The highest BCUT2D eigenvalue weighted by Gasteiger charge is 2.30. The number of benzene rings is 1. The minimum atomic E-state index is 0.502. The maximum absolute atomic E-state index is 5.90. The van der Waals surface area contributed by atoms with Crippen LogP contribution in [0.3, 0.4) is 0 Å². The van der Waals surface area contributed by atoms with Gasteiger partial charge in [0.2, 0.25) is 0 Å². The highest BCUT2D eigenvalue weighted by molar-refractivity contribution is 9.10. The van der Waals surface area contributed by atoms with Gasteiger partial charge in [0.15, 0.2) is 0 Å². The van der Waals surface area contributed by atoms with Crippen molar-refractivity contribution in [3.8, 4) is 0 Å². The van der Waals surface area contributed by atoms with Crippen molar-refractivity contribution in [3.63, 3.8) is 0 Å². The molecule has 0 radical (unpaired) electrons. The number of anilines is 1. The molecule has 1 saturated carbocycles. The SMILES string of the molecule is Cc1ccc(C2CC(Nc3cnc(Cl)c(Br)c3)C2)cc1. The third-order valence-corrected chi connectivity index (χ3v) is 4.99. The van der Waals surface area contributed by atoms with Gasteiger partial charge in [0.05, 0.1) is 16.4 Å². The molecule has 0 unspecified atom stereocenters. The van der Waals surface area contributed by atoms with Gasteiger partial charge < -0.3 is 5.32 Å². The fourth-order valence-corrected chi connectivity index (χ4v) is 3.03. The van der Waals surface area contributed by atoms with Crippen molar-refractivity contribution in [1.29, 1.82) is 0 Å². The molecule has 3 rings (SSSR count). The minimum Gasteiger partial charge on any atom is -0.381 e. The van der Waals surface area contributed by atoms with E-state index in [1.54, 1.807) is 6.20 Å². The van der Waals surface area contributed by atoms with Gasteiger partial charge in [-0.05, 0) is 53.2 Å². The summed E-state index contributed by atoms with van der Waals surface area (Å²) >= 11 is 9.29. The van der Waals surface area contributed by atoms with Gasteiger partial charge in [-0.1, -0.05) is 41.4 Å². The summed E-state index contributed by atoms with van der Waals surface area (Å²) in [5, 5.41) is 4.01. The van der Waals surface area contributed by atoms with E-state index >= 15 is 0 Å². The predicted octanol–water partition coefficient (Wildman–Crippen LogP) is 5.16. The van der Waals surface area contributed by atoms with E-state index in [0.717, 1.165) is 10.2 Å². The van der Waals surface area contributed by atoms with E-state index in [4.69, 9.17) is 11.6 Å². The van der Waals surface area contributed by atoms with E-state index in [1.807, 2.05) is 6.07 Å². The second-order valence-electron chi connectivity index (χ2n) is 5.42. The number of nitrogens with zero attached hydrogens (tertiary/aromatic N) is 1. The van der Waals surface area contributed by atoms with Crippen LogP contribution in [0.15, 0.2) is 41.0 Å². The number of rotatable bonds is 3. The Morgan fingerprint density at radius 2 is 1.95 bits per heavy atom. The first-order valence-electron chi connectivity index (χ1n) is 6.76. The Kier molecular flexibility index (Phi) is 3.99. The highest BCUT2D eigenvalue weighted by Crippen LogP contribution is 2.38. The third kappa shape index (κ3) is 2.99. The Labute approximate surface area is 132 Å². The van der Waals surface area contributed by atoms with E-state index in [1.165, 1.54) is 24.0 Å². The Morgan fingerprint density at radius 3 is 2.60 bits per heavy atom. The zero-order valence-corrected chi connectivity index (χ0v) is 13.6. The summed E-state index contributed by atoms with van der Waals surface area (Å²) in [5.41, 5.74) is 3.79. The summed E-state index contributed by atoms with van der Waals surface area (Å²) in [7, 11) is 0. The van der Waals surface area contributed by atoms with Crippen molar-refractivity contribution in [1.82, 2.24) is 4.98 Å². The molecule has 1 fully saturated rings. The van der Waals surface area contributed by atoms with Crippen LogP contribution in [0.5, 0.6) is 0 Å². The smallest absolute Gasteiger partial charge is 0.143 e. The lowest BCUT2D eigenvalue weighted by Gasteiger charge is -2.37. The van der Waals surface area contributed by atoms with Gasteiger partial charge in [-0.3, -0.25) is 0 Å². The maximum atomic E-state index is 5.90. The molecule has 20 heavy (non-hydrogen) atoms. The summed E-state index contributed by atoms with van der Waals surface area (Å²) in [4.78, 5) is 4.13. The molecule has 1 heterocycles. The summed E-state index contributed by atoms with van der Waals surface area (Å²) < 4.78 is 0.832. The van der Waals surface area contributed by atoms with E-state index in [9.17, 15) is 0 Å². The largest absolute Gasteiger partial charge is 0.381 e. The van der Waals surface area contributed by atoms with Crippen molar-refractivity contribution < 1.29 is 0 Å². The average molecular weight is 352 g/mol. The lowest BCUT2D eigenvalue weighted by Crippen LogP contribution is -2.34. The van der Waals surface area contributed by atoms with Gasteiger partial charge in [-0.15, -0.1) is 0 Å². The number of halogens is 2. The molecular weight excluding hydrogens is 336 g/mol. The molecule has 1 aliphatic rings. The second-order valence-corrected chi connectivity index (χ2v) is 6.63. The molecule has 2 nitrogen and oxygen atoms in total. The Hall–Kier alpha value is -1.06. The maximum Gasteiger partial charge on any atom is 0.143 e. The number of hydrogen-bond donors (Lipinski definition) is 1. The fraction of sp³-hybridized carbons (Fsp3) is 0.312. The van der Waals surface area contributed by atoms with Crippen molar-refractivity contribution in [2.45, 2.75) is 31.7 Å². The van der Waals surface area contributed by atoms with Crippen LogP contribution < -0.4 is 5.32 Å². The zero-order valence-electron chi connectivity index (χ0n) is 11.2. The molecule has 0 atom stereocenters.